The van der Waals surface area contributed by atoms with Gasteiger partial charge in [0.2, 0.25) is 28.7 Å². The second kappa shape index (κ2) is 14.6. The molecule has 12 heteroatoms. The highest BCUT2D eigenvalue weighted by atomic mass is 32.2. The second-order valence-corrected chi connectivity index (χ2v) is 10.0. The van der Waals surface area contributed by atoms with Gasteiger partial charge in [0.15, 0.2) is 0 Å². The third-order valence-electron chi connectivity index (χ3n) is 5.45. The van der Waals surface area contributed by atoms with Gasteiger partial charge in [0.05, 0.1) is 13.2 Å². The van der Waals surface area contributed by atoms with Crippen LogP contribution >= 0.6 is 11.8 Å². The normalized spacial score (nSPS) is 25.1. The van der Waals surface area contributed by atoms with Crippen LogP contribution in [-0.2, 0) is 30.4 Å². The number of rotatable bonds is 6. The smallest absolute Gasteiger partial charge is 0.245 e. The van der Waals surface area contributed by atoms with Crippen molar-refractivity contribution in [2.75, 3.05) is 19.0 Å². The molecule has 1 fully saturated rings. The van der Waals surface area contributed by atoms with Crippen molar-refractivity contribution in [2.45, 2.75) is 57.3 Å². The lowest BCUT2D eigenvalue weighted by molar-refractivity contribution is -0.135. The molecule has 198 valence electrons. The third kappa shape index (κ3) is 9.25. The van der Waals surface area contributed by atoms with Gasteiger partial charge < -0.3 is 31.5 Å². The van der Waals surface area contributed by atoms with Crippen LogP contribution in [0.25, 0.3) is 0 Å². The first-order valence-corrected chi connectivity index (χ1v) is 12.8. The van der Waals surface area contributed by atoms with Crippen LogP contribution in [0.1, 0.15) is 32.3 Å². The average Bonchev–Trinajstić information content (AvgIpc) is 2.84. The van der Waals surface area contributed by atoms with E-state index in [1.807, 2.05) is 44.2 Å². The Morgan fingerprint density at radius 3 is 1.92 bits per heavy atom. The Kier molecular flexibility index (Phi) is 11.8. The molecule has 11 nitrogen and oxygen atoms in total. The maximum atomic E-state index is 13.2. The Morgan fingerprint density at radius 1 is 0.806 bits per heavy atom. The molecule has 36 heavy (non-hydrogen) atoms. The highest BCUT2D eigenvalue weighted by molar-refractivity contribution is 8.13. The second-order valence-electron chi connectivity index (χ2n) is 8.91. The lowest BCUT2D eigenvalue weighted by Gasteiger charge is -2.26. The topological polar surface area (TPSA) is 174 Å². The van der Waals surface area contributed by atoms with Gasteiger partial charge >= 0.3 is 0 Å². The lowest BCUT2D eigenvalue weighted by Crippen LogP contribution is -2.59. The van der Waals surface area contributed by atoms with Gasteiger partial charge in [-0.2, -0.15) is 0 Å². The predicted molar refractivity (Wildman–Crippen MR) is 134 cm³/mol. The van der Waals surface area contributed by atoms with Crippen LogP contribution < -0.4 is 21.3 Å². The third-order valence-corrected chi connectivity index (χ3v) is 6.42. The molecular formula is C24H34N4O7S. The quantitative estimate of drug-likeness (QED) is 0.272. The van der Waals surface area contributed by atoms with Crippen LogP contribution in [0.3, 0.4) is 0 Å². The number of aliphatic hydroxyl groups is 2. The van der Waals surface area contributed by atoms with Crippen LogP contribution in [0.15, 0.2) is 30.3 Å². The minimum atomic E-state index is -1.42. The summed E-state index contributed by atoms with van der Waals surface area (Å²) in [6, 6.07) is 4.41. The van der Waals surface area contributed by atoms with E-state index in [1.54, 1.807) is 0 Å². The van der Waals surface area contributed by atoms with Crippen LogP contribution in [0.5, 0.6) is 0 Å². The fraction of sp³-hybridized carbons (Fsp3) is 0.542. The fourth-order valence-electron chi connectivity index (χ4n) is 3.56. The standard InChI is InChI=1S/C24H34N4O7S/c1-14(2)10-16-21(32)27-17(11-15-6-4-3-5-7-15)24(35)36-9-8-20(31)25-18(12-29)22(33)28-19(13-30)23(34)26-16/h3-7,14,16-19,29-30H,8-13H2,1-2H3,(H,25,31)(H,26,34)(H,27,32)(H,28,33)/t16-,17-,18-,19-/m0/s1. The molecule has 1 aliphatic rings. The van der Waals surface area contributed by atoms with Crippen LogP contribution in [0, 0.1) is 5.92 Å². The summed E-state index contributed by atoms with van der Waals surface area (Å²) in [4.78, 5) is 63.8. The van der Waals surface area contributed by atoms with Crippen molar-refractivity contribution in [2.24, 2.45) is 5.92 Å². The molecule has 2 rings (SSSR count). The van der Waals surface area contributed by atoms with Crippen molar-refractivity contribution < 1.29 is 34.2 Å². The monoisotopic (exact) mass is 522 g/mol. The minimum Gasteiger partial charge on any atom is -0.394 e. The molecule has 1 aromatic rings. The highest BCUT2D eigenvalue weighted by Gasteiger charge is 2.32. The molecule has 0 unspecified atom stereocenters. The van der Waals surface area contributed by atoms with E-state index >= 15 is 0 Å². The molecule has 1 aliphatic heterocycles. The van der Waals surface area contributed by atoms with E-state index in [2.05, 4.69) is 21.3 Å². The summed E-state index contributed by atoms with van der Waals surface area (Å²) in [6.07, 6.45) is 0.347. The number of nitrogens with one attached hydrogen (secondary N) is 4. The molecule has 1 heterocycles. The number of hydrogen-bond acceptors (Lipinski definition) is 8. The Labute approximate surface area is 214 Å². The zero-order chi connectivity index (χ0) is 26.7. The molecule has 0 radical (unpaired) electrons. The molecular weight excluding hydrogens is 488 g/mol. The van der Waals surface area contributed by atoms with Crippen molar-refractivity contribution in [3.05, 3.63) is 35.9 Å². The predicted octanol–water partition coefficient (Wildman–Crippen LogP) is -1.14. The Morgan fingerprint density at radius 2 is 1.33 bits per heavy atom. The van der Waals surface area contributed by atoms with Gasteiger partial charge in [-0.05, 0) is 17.9 Å². The highest BCUT2D eigenvalue weighted by Crippen LogP contribution is 2.14. The van der Waals surface area contributed by atoms with E-state index in [0.717, 1.165) is 17.3 Å². The van der Waals surface area contributed by atoms with Gasteiger partial charge in [0, 0.05) is 18.6 Å². The summed E-state index contributed by atoms with van der Waals surface area (Å²) in [5.41, 5.74) is 0.821. The number of aliphatic hydroxyl groups excluding tert-OH is 2. The van der Waals surface area contributed by atoms with Crippen LogP contribution in [0.4, 0.5) is 0 Å². The van der Waals surface area contributed by atoms with E-state index in [4.69, 9.17) is 0 Å². The molecule has 4 atom stereocenters. The van der Waals surface area contributed by atoms with Gasteiger partial charge in [-0.15, -0.1) is 0 Å². The van der Waals surface area contributed by atoms with Gasteiger partial charge in [-0.25, -0.2) is 0 Å². The van der Waals surface area contributed by atoms with Gasteiger partial charge in [0.1, 0.15) is 24.2 Å². The SMILES string of the molecule is CC(C)C[C@@H]1NC(=O)[C@H](CO)NC(=O)[C@H](CO)NC(=O)CCSC(=O)[C@H](Cc2ccccc2)NC1=O. The first-order chi connectivity index (χ1) is 17.1. The van der Waals surface area contributed by atoms with E-state index < -0.39 is 61.0 Å². The average molecular weight is 523 g/mol. The number of benzene rings is 1. The van der Waals surface area contributed by atoms with Crippen LogP contribution in [0.2, 0.25) is 0 Å². The zero-order valence-electron chi connectivity index (χ0n) is 20.4. The van der Waals surface area contributed by atoms with Crippen molar-refractivity contribution in [3.8, 4) is 0 Å². The molecule has 4 amide bonds. The summed E-state index contributed by atoms with van der Waals surface area (Å²) in [7, 11) is 0. The first-order valence-electron chi connectivity index (χ1n) is 11.8. The largest absolute Gasteiger partial charge is 0.394 e. The fourth-order valence-corrected chi connectivity index (χ4v) is 4.39. The van der Waals surface area contributed by atoms with Gasteiger partial charge in [0.25, 0.3) is 0 Å². The molecule has 0 aromatic heterocycles. The molecule has 1 aromatic carbocycles. The maximum Gasteiger partial charge on any atom is 0.245 e. The summed E-state index contributed by atoms with van der Waals surface area (Å²) in [5.74, 6) is -2.75. The van der Waals surface area contributed by atoms with E-state index in [-0.39, 0.29) is 36.0 Å². The molecule has 1 saturated heterocycles. The van der Waals surface area contributed by atoms with Crippen molar-refractivity contribution in [1.82, 2.24) is 21.3 Å². The Bertz CT molecular complexity index is 928. The lowest BCUT2D eigenvalue weighted by atomic mass is 10.0. The zero-order valence-corrected chi connectivity index (χ0v) is 21.2. The Balaban J connectivity index is 2.35. The molecule has 0 saturated carbocycles. The minimum absolute atomic E-state index is 0.000412. The summed E-state index contributed by atoms with van der Waals surface area (Å²) in [6.45, 7) is 2.22. The first kappa shape index (κ1) is 29.3. The maximum absolute atomic E-state index is 13.2. The van der Waals surface area contributed by atoms with E-state index in [0.29, 0.717) is 0 Å². The van der Waals surface area contributed by atoms with E-state index in [1.165, 1.54) is 0 Å². The number of thioether (sulfide) groups is 1. The molecule has 0 bridgehead atoms. The van der Waals surface area contributed by atoms with Crippen LogP contribution in [-0.4, -0.2) is 82.1 Å². The summed E-state index contributed by atoms with van der Waals surface area (Å²) < 4.78 is 0. The summed E-state index contributed by atoms with van der Waals surface area (Å²) >= 11 is 0.877. The Hall–Kier alpha value is -2.96. The van der Waals surface area contributed by atoms with Gasteiger partial charge in [-0.1, -0.05) is 55.9 Å². The molecule has 0 aliphatic carbocycles. The molecule has 6 N–H and O–H groups in total. The number of carbonyl (C=O) groups is 5. The number of hydrogen-bond donors (Lipinski definition) is 6. The summed E-state index contributed by atoms with van der Waals surface area (Å²) in [5, 5.41) is 28.8. The van der Waals surface area contributed by atoms with Crippen molar-refractivity contribution >= 4 is 40.5 Å². The van der Waals surface area contributed by atoms with Crippen molar-refractivity contribution in [3.63, 3.8) is 0 Å². The van der Waals surface area contributed by atoms with Crippen molar-refractivity contribution in [1.29, 1.82) is 0 Å². The van der Waals surface area contributed by atoms with Gasteiger partial charge in [-0.3, -0.25) is 24.0 Å². The molecule has 0 spiro atoms. The van der Waals surface area contributed by atoms with E-state index in [9.17, 15) is 34.2 Å². The number of carbonyl (C=O) groups excluding carboxylic acids is 5. The number of amides is 4.